The largest absolute Gasteiger partial charge is 0.493 e. The Labute approximate surface area is 218 Å². The molecule has 0 radical (unpaired) electrons. The summed E-state index contributed by atoms with van der Waals surface area (Å²) in [5.41, 5.74) is 1.85. The lowest BCUT2D eigenvalue weighted by molar-refractivity contribution is -0.114. The highest BCUT2D eigenvalue weighted by Crippen LogP contribution is 2.34. The maximum Gasteiger partial charge on any atom is 0.283 e. The summed E-state index contributed by atoms with van der Waals surface area (Å²) in [6.07, 6.45) is 1.43. The molecule has 2 heterocycles. The Kier molecular flexibility index (Phi) is 7.04. The number of amidine groups is 2. The molecule has 1 atom stereocenters. The number of carbonyl (C=O) groups excluding carboxylic acids is 1. The summed E-state index contributed by atoms with van der Waals surface area (Å²) in [6.45, 7) is 2.18. The molecule has 3 aromatic rings. The van der Waals surface area contributed by atoms with Gasteiger partial charge in [-0.2, -0.15) is 15.1 Å². The molecule has 2 aliphatic heterocycles. The standard InChI is InChI=1S/C28H24N4O4S/c1-18(20-9-5-3-6-10-20)36-23-14-13-19(16-24(23)34-2)15-22-26(29)32-28(30-27(22)33)37-25(31-32)17-35-21-11-7-4-8-12-21/h3-16,18,29H,17H2,1-2H3/b22-15+,29-26?/t18-/m1/s1. The smallest absolute Gasteiger partial charge is 0.283 e. The van der Waals surface area contributed by atoms with Crippen LogP contribution >= 0.6 is 11.8 Å². The van der Waals surface area contributed by atoms with E-state index in [1.165, 1.54) is 16.8 Å². The van der Waals surface area contributed by atoms with Crippen molar-refractivity contribution in [1.82, 2.24) is 5.01 Å². The predicted molar refractivity (Wildman–Crippen MR) is 145 cm³/mol. The molecule has 9 heteroatoms. The summed E-state index contributed by atoms with van der Waals surface area (Å²) >= 11 is 1.22. The van der Waals surface area contributed by atoms with Gasteiger partial charge in [0.2, 0.25) is 5.17 Å². The molecule has 2 aliphatic rings. The summed E-state index contributed by atoms with van der Waals surface area (Å²) in [5.74, 6) is 1.26. The van der Waals surface area contributed by atoms with Crippen LogP contribution in [0.3, 0.4) is 0 Å². The first kappa shape index (κ1) is 24.3. The zero-order chi connectivity index (χ0) is 25.8. The van der Waals surface area contributed by atoms with Crippen LogP contribution in [0.25, 0.3) is 6.08 Å². The van der Waals surface area contributed by atoms with Gasteiger partial charge in [-0.15, -0.1) is 0 Å². The van der Waals surface area contributed by atoms with Gasteiger partial charge in [-0.3, -0.25) is 10.2 Å². The van der Waals surface area contributed by atoms with E-state index in [0.29, 0.717) is 33.0 Å². The molecule has 0 saturated carbocycles. The van der Waals surface area contributed by atoms with Crippen molar-refractivity contribution in [3.63, 3.8) is 0 Å². The molecule has 0 aliphatic carbocycles. The van der Waals surface area contributed by atoms with E-state index < -0.39 is 5.91 Å². The van der Waals surface area contributed by atoms with Crippen molar-refractivity contribution in [2.24, 2.45) is 10.1 Å². The number of hydrogen-bond donors (Lipinski definition) is 1. The number of ether oxygens (including phenoxy) is 3. The first-order valence-corrected chi connectivity index (χ1v) is 12.4. The number of rotatable bonds is 8. The van der Waals surface area contributed by atoms with Crippen LogP contribution in [0.4, 0.5) is 0 Å². The third kappa shape index (κ3) is 5.41. The number of benzene rings is 3. The molecule has 5 rings (SSSR count). The second kappa shape index (κ2) is 10.7. The Morgan fingerprint density at radius 3 is 2.49 bits per heavy atom. The Morgan fingerprint density at radius 1 is 1.03 bits per heavy atom. The average Bonchev–Trinajstić information content (AvgIpc) is 3.34. The van der Waals surface area contributed by atoms with Crippen molar-refractivity contribution in [3.05, 3.63) is 95.6 Å². The number of methoxy groups -OCH3 is 1. The van der Waals surface area contributed by atoms with E-state index in [0.717, 1.165) is 5.56 Å². The molecule has 0 fully saturated rings. The van der Waals surface area contributed by atoms with Crippen LogP contribution in [-0.4, -0.2) is 40.7 Å². The molecule has 0 saturated heterocycles. The van der Waals surface area contributed by atoms with Crippen molar-refractivity contribution in [2.45, 2.75) is 13.0 Å². The summed E-state index contributed by atoms with van der Waals surface area (Å²) in [5, 5.41) is 15.4. The molecule has 3 aromatic carbocycles. The minimum Gasteiger partial charge on any atom is -0.493 e. The first-order valence-electron chi connectivity index (χ1n) is 11.6. The van der Waals surface area contributed by atoms with Gasteiger partial charge < -0.3 is 14.2 Å². The fourth-order valence-electron chi connectivity index (χ4n) is 3.77. The van der Waals surface area contributed by atoms with Crippen molar-refractivity contribution in [1.29, 1.82) is 5.41 Å². The van der Waals surface area contributed by atoms with Gasteiger partial charge in [-0.25, -0.2) is 0 Å². The summed E-state index contributed by atoms with van der Waals surface area (Å²) in [7, 11) is 1.56. The lowest BCUT2D eigenvalue weighted by atomic mass is 10.1. The van der Waals surface area contributed by atoms with Crippen LogP contribution < -0.4 is 14.2 Å². The van der Waals surface area contributed by atoms with Crippen LogP contribution in [-0.2, 0) is 4.79 Å². The van der Waals surface area contributed by atoms with Crippen molar-refractivity contribution >= 4 is 39.8 Å². The fourth-order valence-corrected chi connectivity index (χ4v) is 4.57. The number of para-hydroxylation sites is 1. The SMILES string of the molecule is COc1cc(/C=C2\C(=N)N3N=C(COc4ccccc4)SC3=NC2=O)ccc1O[C@H](C)c1ccccc1. The van der Waals surface area contributed by atoms with Crippen molar-refractivity contribution < 1.29 is 19.0 Å². The monoisotopic (exact) mass is 512 g/mol. The zero-order valence-corrected chi connectivity index (χ0v) is 21.1. The highest BCUT2D eigenvalue weighted by molar-refractivity contribution is 8.27. The highest BCUT2D eigenvalue weighted by atomic mass is 32.2. The van der Waals surface area contributed by atoms with Gasteiger partial charge in [-0.1, -0.05) is 54.6 Å². The number of fused-ring (bicyclic) bond motifs is 1. The van der Waals surface area contributed by atoms with Crippen LogP contribution in [0.5, 0.6) is 17.2 Å². The molecule has 0 bridgehead atoms. The van der Waals surface area contributed by atoms with E-state index in [-0.39, 0.29) is 24.1 Å². The zero-order valence-electron chi connectivity index (χ0n) is 20.3. The van der Waals surface area contributed by atoms with Gasteiger partial charge in [0.15, 0.2) is 17.3 Å². The van der Waals surface area contributed by atoms with Crippen molar-refractivity contribution in [3.8, 4) is 17.2 Å². The van der Waals surface area contributed by atoms with Gasteiger partial charge in [0.25, 0.3) is 5.91 Å². The third-order valence-electron chi connectivity index (χ3n) is 5.67. The summed E-state index contributed by atoms with van der Waals surface area (Å²) in [6, 6.07) is 24.6. The van der Waals surface area contributed by atoms with E-state index in [4.69, 9.17) is 19.6 Å². The highest BCUT2D eigenvalue weighted by Gasteiger charge is 2.35. The van der Waals surface area contributed by atoms with E-state index in [1.807, 2.05) is 73.7 Å². The third-order valence-corrected chi connectivity index (χ3v) is 6.56. The lowest BCUT2D eigenvalue weighted by Crippen LogP contribution is -2.35. The summed E-state index contributed by atoms with van der Waals surface area (Å²) in [4.78, 5) is 16.9. The second-order valence-corrected chi connectivity index (χ2v) is 9.24. The second-order valence-electron chi connectivity index (χ2n) is 8.20. The molecular formula is C28H24N4O4S. The number of aliphatic imine (C=N–C) groups is 1. The minimum absolute atomic E-state index is 0.0470. The summed E-state index contributed by atoms with van der Waals surface area (Å²) < 4.78 is 17.4. The predicted octanol–water partition coefficient (Wildman–Crippen LogP) is 5.53. The van der Waals surface area contributed by atoms with Gasteiger partial charge in [0, 0.05) is 0 Å². The minimum atomic E-state index is -0.499. The average molecular weight is 513 g/mol. The van der Waals surface area contributed by atoms with Crippen molar-refractivity contribution in [2.75, 3.05) is 13.7 Å². The van der Waals surface area contributed by atoms with Crippen LogP contribution in [0.1, 0.15) is 24.2 Å². The number of hydrogen-bond acceptors (Lipinski definition) is 7. The molecule has 186 valence electrons. The molecule has 1 amide bonds. The fraction of sp³-hybridized carbons (Fsp3) is 0.143. The molecule has 37 heavy (non-hydrogen) atoms. The number of carbonyl (C=O) groups is 1. The molecule has 0 spiro atoms. The van der Waals surface area contributed by atoms with Crippen LogP contribution in [0.15, 0.2) is 94.5 Å². The van der Waals surface area contributed by atoms with Crippen LogP contribution in [0.2, 0.25) is 0 Å². The Balaban J connectivity index is 1.32. The normalized spacial score (nSPS) is 16.7. The van der Waals surface area contributed by atoms with E-state index >= 15 is 0 Å². The van der Waals surface area contributed by atoms with Gasteiger partial charge in [0.1, 0.15) is 23.5 Å². The number of nitrogens with one attached hydrogen (secondary N) is 1. The Morgan fingerprint density at radius 2 is 1.76 bits per heavy atom. The van der Waals surface area contributed by atoms with E-state index in [2.05, 4.69) is 10.1 Å². The Bertz CT molecular complexity index is 1420. The first-order chi connectivity index (χ1) is 18.0. The number of thioether (sulfide) groups is 1. The molecule has 1 N–H and O–H groups in total. The molecular weight excluding hydrogens is 488 g/mol. The topological polar surface area (TPSA) is 96.6 Å². The number of nitrogens with zero attached hydrogens (tertiary/aromatic N) is 3. The molecule has 8 nitrogen and oxygen atoms in total. The van der Waals surface area contributed by atoms with Gasteiger partial charge in [-0.05, 0) is 60.2 Å². The lowest BCUT2D eigenvalue weighted by Gasteiger charge is -2.20. The quantitative estimate of drug-likeness (QED) is 0.399. The number of amides is 1. The van der Waals surface area contributed by atoms with Gasteiger partial charge >= 0.3 is 0 Å². The molecule has 0 unspecified atom stereocenters. The number of hydrazone groups is 1. The van der Waals surface area contributed by atoms with E-state index in [9.17, 15) is 4.79 Å². The maximum absolute atomic E-state index is 12.8. The van der Waals surface area contributed by atoms with Gasteiger partial charge in [0.05, 0.1) is 12.7 Å². The maximum atomic E-state index is 12.8. The van der Waals surface area contributed by atoms with E-state index in [1.54, 1.807) is 25.3 Å². The molecule has 0 aromatic heterocycles. The van der Waals surface area contributed by atoms with Crippen LogP contribution in [0, 0.1) is 5.41 Å². The Hall–Kier alpha value is -4.37.